The SMILES string of the molecule is Cn1cccc(C(=O)Nc2ccccc2Cc2nc(-c3cccnc3)no2)c1=O. The van der Waals surface area contributed by atoms with Crippen LogP contribution in [-0.2, 0) is 13.5 Å². The van der Waals surface area contributed by atoms with Gasteiger partial charge in [0.25, 0.3) is 11.5 Å². The van der Waals surface area contributed by atoms with Gasteiger partial charge in [-0.25, -0.2) is 0 Å². The minimum absolute atomic E-state index is 0.0708. The molecule has 0 unspecified atom stereocenters. The molecule has 0 fully saturated rings. The van der Waals surface area contributed by atoms with E-state index in [-0.39, 0.29) is 11.1 Å². The summed E-state index contributed by atoms with van der Waals surface area (Å²) in [7, 11) is 1.60. The number of pyridine rings is 2. The summed E-state index contributed by atoms with van der Waals surface area (Å²) in [5.74, 6) is 0.379. The van der Waals surface area contributed by atoms with E-state index in [4.69, 9.17) is 4.52 Å². The summed E-state index contributed by atoms with van der Waals surface area (Å²) in [6, 6.07) is 14.1. The van der Waals surface area contributed by atoms with Crippen molar-refractivity contribution in [2.24, 2.45) is 7.05 Å². The monoisotopic (exact) mass is 387 g/mol. The fourth-order valence-corrected chi connectivity index (χ4v) is 2.86. The summed E-state index contributed by atoms with van der Waals surface area (Å²) < 4.78 is 6.71. The zero-order chi connectivity index (χ0) is 20.2. The normalized spacial score (nSPS) is 10.7. The molecular formula is C21H17N5O3. The predicted octanol–water partition coefficient (Wildman–Crippen LogP) is 2.67. The molecule has 29 heavy (non-hydrogen) atoms. The number of para-hydroxylation sites is 1. The van der Waals surface area contributed by atoms with Gasteiger partial charge in [0, 0.05) is 36.9 Å². The van der Waals surface area contributed by atoms with Crippen LogP contribution in [0.3, 0.4) is 0 Å². The minimum atomic E-state index is -0.472. The molecule has 8 heteroatoms. The van der Waals surface area contributed by atoms with Crippen molar-refractivity contribution in [1.82, 2.24) is 19.7 Å². The maximum Gasteiger partial charge on any atom is 0.263 e. The highest BCUT2D eigenvalue weighted by molar-refractivity contribution is 6.04. The minimum Gasteiger partial charge on any atom is -0.339 e. The molecule has 3 heterocycles. The molecule has 0 spiro atoms. The number of nitrogens with zero attached hydrogens (tertiary/aromatic N) is 4. The van der Waals surface area contributed by atoms with Crippen LogP contribution in [0.5, 0.6) is 0 Å². The number of hydrogen-bond acceptors (Lipinski definition) is 6. The van der Waals surface area contributed by atoms with Crippen molar-refractivity contribution >= 4 is 11.6 Å². The van der Waals surface area contributed by atoms with Crippen LogP contribution in [0, 0.1) is 0 Å². The smallest absolute Gasteiger partial charge is 0.263 e. The number of hydrogen-bond donors (Lipinski definition) is 1. The van der Waals surface area contributed by atoms with Crippen LogP contribution >= 0.6 is 0 Å². The molecule has 4 aromatic rings. The molecule has 8 nitrogen and oxygen atoms in total. The van der Waals surface area contributed by atoms with E-state index in [0.29, 0.717) is 23.8 Å². The van der Waals surface area contributed by atoms with Crippen molar-refractivity contribution in [3.8, 4) is 11.4 Å². The number of aryl methyl sites for hydroxylation is 1. The maximum atomic E-state index is 12.6. The van der Waals surface area contributed by atoms with Crippen molar-refractivity contribution in [3.05, 3.63) is 94.5 Å². The van der Waals surface area contributed by atoms with E-state index in [1.165, 1.54) is 10.6 Å². The lowest BCUT2D eigenvalue weighted by atomic mass is 10.1. The second-order valence-electron chi connectivity index (χ2n) is 6.38. The second-order valence-corrected chi connectivity index (χ2v) is 6.38. The Labute approximate surface area is 165 Å². The lowest BCUT2D eigenvalue weighted by Gasteiger charge is -2.10. The third-order valence-electron chi connectivity index (χ3n) is 4.36. The largest absolute Gasteiger partial charge is 0.339 e. The van der Waals surface area contributed by atoms with E-state index in [9.17, 15) is 9.59 Å². The molecule has 3 aromatic heterocycles. The highest BCUT2D eigenvalue weighted by Gasteiger charge is 2.15. The van der Waals surface area contributed by atoms with Gasteiger partial charge in [-0.3, -0.25) is 14.6 Å². The van der Waals surface area contributed by atoms with Gasteiger partial charge in [0.15, 0.2) is 0 Å². The molecule has 0 aliphatic heterocycles. The Morgan fingerprint density at radius 3 is 2.83 bits per heavy atom. The topological polar surface area (TPSA) is 103 Å². The highest BCUT2D eigenvalue weighted by atomic mass is 16.5. The van der Waals surface area contributed by atoms with Gasteiger partial charge >= 0.3 is 0 Å². The summed E-state index contributed by atoms with van der Waals surface area (Å²) in [5, 5.41) is 6.79. The van der Waals surface area contributed by atoms with Gasteiger partial charge in [0.05, 0.1) is 6.42 Å². The van der Waals surface area contributed by atoms with Crippen LogP contribution in [0.25, 0.3) is 11.4 Å². The van der Waals surface area contributed by atoms with Crippen molar-refractivity contribution in [3.63, 3.8) is 0 Å². The Morgan fingerprint density at radius 1 is 1.14 bits per heavy atom. The van der Waals surface area contributed by atoms with Crippen LogP contribution in [0.15, 0.2) is 76.4 Å². The lowest BCUT2D eigenvalue weighted by molar-refractivity contribution is 0.102. The molecule has 0 aliphatic rings. The van der Waals surface area contributed by atoms with Crippen LogP contribution in [0.1, 0.15) is 21.8 Å². The van der Waals surface area contributed by atoms with E-state index in [0.717, 1.165) is 11.1 Å². The summed E-state index contributed by atoms with van der Waals surface area (Å²) >= 11 is 0. The first-order valence-corrected chi connectivity index (χ1v) is 8.89. The van der Waals surface area contributed by atoms with Crippen molar-refractivity contribution in [2.45, 2.75) is 6.42 Å². The fourth-order valence-electron chi connectivity index (χ4n) is 2.86. The standard InChI is InChI=1S/C21H17N5O3/c1-26-11-5-8-16(21(26)28)20(27)23-17-9-3-2-6-14(17)12-18-24-19(25-29-18)15-7-4-10-22-13-15/h2-11,13H,12H2,1H3,(H,23,27). The van der Waals surface area contributed by atoms with Gasteiger partial charge in [0.1, 0.15) is 5.56 Å². The molecule has 0 atom stereocenters. The van der Waals surface area contributed by atoms with Crippen LogP contribution in [-0.4, -0.2) is 25.6 Å². The highest BCUT2D eigenvalue weighted by Crippen LogP contribution is 2.21. The van der Waals surface area contributed by atoms with Gasteiger partial charge in [-0.1, -0.05) is 23.4 Å². The number of nitrogens with one attached hydrogen (secondary N) is 1. The number of aromatic nitrogens is 4. The van der Waals surface area contributed by atoms with Crippen LogP contribution in [0.2, 0.25) is 0 Å². The number of rotatable bonds is 5. The van der Waals surface area contributed by atoms with Gasteiger partial charge in [-0.15, -0.1) is 0 Å². The number of carbonyl (C=O) groups is 1. The zero-order valence-electron chi connectivity index (χ0n) is 15.6. The molecule has 1 amide bonds. The Kier molecular flexibility index (Phi) is 4.98. The maximum absolute atomic E-state index is 12.6. The summed E-state index contributed by atoms with van der Waals surface area (Å²) in [6.45, 7) is 0. The van der Waals surface area contributed by atoms with E-state index in [2.05, 4.69) is 20.4 Å². The summed E-state index contributed by atoms with van der Waals surface area (Å²) in [4.78, 5) is 33.2. The molecule has 4 rings (SSSR count). The Balaban J connectivity index is 1.56. The molecule has 0 aliphatic carbocycles. The van der Waals surface area contributed by atoms with E-state index >= 15 is 0 Å². The Morgan fingerprint density at radius 2 is 2.00 bits per heavy atom. The van der Waals surface area contributed by atoms with Crippen LogP contribution < -0.4 is 10.9 Å². The van der Waals surface area contributed by atoms with E-state index in [1.54, 1.807) is 49.9 Å². The molecule has 0 saturated heterocycles. The Bertz CT molecular complexity index is 1210. The molecule has 0 radical (unpaired) electrons. The summed E-state index contributed by atoms with van der Waals surface area (Å²) in [5.41, 5.74) is 1.82. The summed E-state index contributed by atoms with van der Waals surface area (Å²) in [6.07, 6.45) is 5.26. The Hall–Kier alpha value is -4.07. The number of benzene rings is 1. The van der Waals surface area contributed by atoms with Gasteiger partial charge < -0.3 is 14.4 Å². The van der Waals surface area contributed by atoms with Crippen molar-refractivity contribution in [2.75, 3.05) is 5.32 Å². The third-order valence-corrected chi connectivity index (χ3v) is 4.36. The van der Waals surface area contributed by atoms with Crippen molar-refractivity contribution in [1.29, 1.82) is 0 Å². The lowest BCUT2D eigenvalue weighted by Crippen LogP contribution is -2.27. The molecule has 0 bridgehead atoms. The predicted molar refractivity (Wildman–Crippen MR) is 106 cm³/mol. The first kappa shape index (κ1) is 18.3. The zero-order valence-corrected chi connectivity index (χ0v) is 15.6. The quantitative estimate of drug-likeness (QED) is 0.565. The number of anilines is 1. The van der Waals surface area contributed by atoms with Gasteiger partial charge in [-0.05, 0) is 35.9 Å². The molecule has 1 aromatic carbocycles. The number of amides is 1. The van der Waals surface area contributed by atoms with E-state index in [1.807, 2.05) is 18.2 Å². The first-order chi connectivity index (χ1) is 14.1. The second kappa shape index (κ2) is 7.89. The molecule has 144 valence electrons. The van der Waals surface area contributed by atoms with E-state index < -0.39 is 5.91 Å². The third kappa shape index (κ3) is 3.96. The molecule has 1 N–H and O–H groups in total. The molecular weight excluding hydrogens is 370 g/mol. The average Bonchev–Trinajstić information content (AvgIpc) is 3.21. The average molecular weight is 387 g/mol. The van der Waals surface area contributed by atoms with Gasteiger partial charge in [-0.2, -0.15) is 4.98 Å². The number of carbonyl (C=O) groups excluding carboxylic acids is 1. The van der Waals surface area contributed by atoms with Gasteiger partial charge in [0.2, 0.25) is 11.7 Å². The fraction of sp³-hybridized carbons (Fsp3) is 0.0952. The van der Waals surface area contributed by atoms with Crippen molar-refractivity contribution < 1.29 is 9.32 Å². The van der Waals surface area contributed by atoms with Crippen LogP contribution in [0.4, 0.5) is 5.69 Å². The molecule has 0 saturated carbocycles. The first-order valence-electron chi connectivity index (χ1n) is 8.89.